The van der Waals surface area contributed by atoms with Gasteiger partial charge in [0.15, 0.2) is 0 Å². The van der Waals surface area contributed by atoms with E-state index in [-0.39, 0.29) is 12.4 Å². The fraction of sp³-hybridized carbons (Fsp3) is 0.500. The Kier molecular flexibility index (Phi) is 11.5. The second-order valence-electron chi connectivity index (χ2n) is 7.95. The van der Waals surface area contributed by atoms with Crippen molar-refractivity contribution < 1.29 is 0 Å². The molecule has 0 amide bonds. The lowest BCUT2D eigenvalue weighted by Gasteiger charge is -2.27. The van der Waals surface area contributed by atoms with Gasteiger partial charge in [-0.1, -0.05) is 93.5 Å². The number of amidine groups is 1. The van der Waals surface area contributed by atoms with Crippen molar-refractivity contribution in [2.24, 2.45) is 4.99 Å². The van der Waals surface area contributed by atoms with Crippen molar-refractivity contribution in [2.45, 2.75) is 70.6 Å². The summed E-state index contributed by atoms with van der Waals surface area (Å²) in [6.45, 7) is 1.97. The van der Waals surface area contributed by atoms with E-state index < -0.39 is 0 Å². The van der Waals surface area contributed by atoms with Gasteiger partial charge in [-0.15, -0.1) is 12.4 Å². The molecule has 0 fully saturated rings. The number of para-hydroxylation sites is 1. The van der Waals surface area contributed by atoms with E-state index in [0.717, 1.165) is 25.9 Å². The molecule has 2 nitrogen and oxygen atoms in total. The number of anilines is 1. The van der Waals surface area contributed by atoms with Gasteiger partial charge >= 0.3 is 0 Å². The van der Waals surface area contributed by atoms with Crippen molar-refractivity contribution in [3.05, 3.63) is 66.2 Å². The van der Waals surface area contributed by atoms with Gasteiger partial charge in [-0.25, -0.2) is 0 Å². The molecule has 0 aromatic heterocycles. The topological polar surface area (TPSA) is 15.6 Å². The lowest BCUT2D eigenvalue weighted by atomic mass is 10.1. The summed E-state index contributed by atoms with van der Waals surface area (Å²) < 4.78 is 0. The van der Waals surface area contributed by atoms with E-state index in [1.807, 2.05) is 0 Å². The maximum absolute atomic E-state index is 5.12. The molecule has 2 aromatic carbocycles. The molecule has 3 rings (SSSR count). The number of halogens is 1. The molecule has 1 heterocycles. The van der Waals surface area contributed by atoms with E-state index in [1.54, 1.807) is 0 Å². The summed E-state index contributed by atoms with van der Waals surface area (Å²) in [5.41, 5.74) is 2.68. The molecular formula is C26H37ClN2. The number of hydrogen-bond donors (Lipinski definition) is 0. The maximum Gasteiger partial charge on any atom is 0.103 e. The Hall–Kier alpha value is -1.80. The first-order valence-corrected chi connectivity index (χ1v) is 11.3. The van der Waals surface area contributed by atoms with E-state index in [9.17, 15) is 0 Å². The van der Waals surface area contributed by atoms with Crippen LogP contribution in [0.5, 0.6) is 0 Å². The van der Waals surface area contributed by atoms with E-state index in [2.05, 4.69) is 65.6 Å². The normalized spacial score (nSPS) is 18.1. The SMILES string of the molecule is Cl.c1ccc(CCN(/C2=N\CCCCCCCCCCC2)c2ccccc2)cc1. The van der Waals surface area contributed by atoms with Crippen molar-refractivity contribution in [3.8, 4) is 0 Å². The summed E-state index contributed by atoms with van der Waals surface area (Å²) in [6, 6.07) is 21.7. The molecule has 3 heteroatoms. The molecule has 1 aliphatic heterocycles. The minimum atomic E-state index is 0. The molecular weight excluding hydrogens is 376 g/mol. The van der Waals surface area contributed by atoms with Crippen molar-refractivity contribution in [3.63, 3.8) is 0 Å². The largest absolute Gasteiger partial charge is 0.330 e. The van der Waals surface area contributed by atoms with Crippen LogP contribution in [0.4, 0.5) is 5.69 Å². The summed E-state index contributed by atoms with van der Waals surface area (Å²) in [6.07, 6.45) is 14.3. The van der Waals surface area contributed by atoms with Crippen molar-refractivity contribution in [1.82, 2.24) is 0 Å². The lowest BCUT2D eigenvalue weighted by Crippen LogP contribution is -2.33. The van der Waals surface area contributed by atoms with Crippen LogP contribution in [-0.4, -0.2) is 18.9 Å². The highest BCUT2D eigenvalue weighted by Crippen LogP contribution is 2.19. The molecule has 0 unspecified atom stereocenters. The minimum Gasteiger partial charge on any atom is -0.330 e. The van der Waals surface area contributed by atoms with E-state index in [4.69, 9.17) is 4.99 Å². The number of benzene rings is 2. The first kappa shape index (κ1) is 23.5. The van der Waals surface area contributed by atoms with Crippen LogP contribution in [0.2, 0.25) is 0 Å². The molecule has 2 aromatic rings. The van der Waals surface area contributed by atoms with Crippen LogP contribution in [0.15, 0.2) is 65.7 Å². The smallest absolute Gasteiger partial charge is 0.103 e. The highest BCUT2D eigenvalue weighted by atomic mass is 35.5. The molecule has 0 atom stereocenters. The van der Waals surface area contributed by atoms with Gasteiger partial charge in [0.2, 0.25) is 0 Å². The summed E-state index contributed by atoms with van der Waals surface area (Å²) in [5.74, 6) is 1.29. The monoisotopic (exact) mass is 412 g/mol. The summed E-state index contributed by atoms with van der Waals surface area (Å²) in [5, 5.41) is 0. The molecule has 0 aliphatic carbocycles. The first-order valence-electron chi connectivity index (χ1n) is 11.3. The molecule has 0 spiro atoms. The zero-order valence-corrected chi connectivity index (χ0v) is 18.6. The van der Waals surface area contributed by atoms with Crippen LogP contribution >= 0.6 is 12.4 Å². The Morgan fingerprint density at radius 2 is 1.21 bits per heavy atom. The second kappa shape index (κ2) is 14.2. The van der Waals surface area contributed by atoms with Gasteiger partial charge in [0.25, 0.3) is 0 Å². The Labute approximate surface area is 183 Å². The zero-order chi connectivity index (χ0) is 19.3. The zero-order valence-electron chi connectivity index (χ0n) is 17.8. The van der Waals surface area contributed by atoms with Gasteiger partial charge in [-0.05, 0) is 37.0 Å². The van der Waals surface area contributed by atoms with E-state index in [1.165, 1.54) is 74.9 Å². The van der Waals surface area contributed by atoms with Crippen LogP contribution in [0.25, 0.3) is 0 Å². The molecule has 0 radical (unpaired) electrons. The fourth-order valence-electron chi connectivity index (χ4n) is 4.04. The Bertz CT molecular complexity index is 684. The average Bonchev–Trinajstić information content (AvgIpc) is 2.77. The predicted octanol–water partition coefficient (Wildman–Crippen LogP) is 7.47. The standard InChI is InChI=1S/C26H36N2.ClH/c1-2-4-6-14-20-26(27-22-15-7-5-3-1)28(25-18-12-9-13-19-25)23-21-24-16-10-8-11-17-24;/h8-13,16-19H,1-7,14-15,20-23H2;1H/b27-26-;. The third-order valence-electron chi connectivity index (χ3n) is 5.70. The molecule has 0 bridgehead atoms. The summed E-state index contributed by atoms with van der Waals surface area (Å²) in [7, 11) is 0. The van der Waals surface area contributed by atoms with E-state index >= 15 is 0 Å². The summed E-state index contributed by atoms with van der Waals surface area (Å²) in [4.78, 5) is 7.60. The summed E-state index contributed by atoms with van der Waals surface area (Å²) >= 11 is 0. The van der Waals surface area contributed by atoms with Gasteiger partial charge in [-0.3, -0.25) is 4.99 Å². The van der Waals surface area contributed by atoms with E-state index in [0.29, 0.717) is 0 Å². The average molecular weight is 413 g/mol. The van der Waals surface area contributed by atoms with Gasteiger partial charge in [0.05, 0.1) is 0 Å². The van der Waals surface area contributed by atoms with Crippen LogP contribution in [0.3, 0.4) is 0 Å². The van der Waals surface area contributed by atoms with Crippen molar-refractivity contribution >= 4 is 23.9 Å². The first-order chi connectivity index (χ1) is 13.9. The van der Waals surface area contributed by atoms with Crippen molar-refractivity contribution in [2.75, 3.05) is 18.0 Å². The van der Waals surface area contributed by atoms with Crippen LogP contribution in [-0.2, 0) is 6.42 Å². The maximum atomic E-state index is 5.12. The fourth-order valence-corrected chi connectivity index (χ4v) is 4.04. The number of rotatable bonds is 4. The second-order valence-corrected chi connectivity index (χ2v) is 7.95. The third-order valence-corrected chi connectivity index (χ3v) is 5.70. The molecule has 29 heavy (non-hydrogen) atoms. The number of nitrogens with zero attached hydrogens (tertiary/aromatic N) is 2. The Morgan fingerprint density at radius 1 is 0.655 bits per heavy atom. The van der Waals surface area contributed by atoms with Gasteiger partial charge in [0.1, 0.15) is 5.84 Å². The predicted molar refractivity (Wildman–Crippen MR) is 130 cm³/mol. The molecule has 0 saturated carbocycles. The van der Waals surface area contributed by atoms with Gasteiger partial charge < -0.3 is 4.90 Å². The third kappa shape index (κ3) is 8.62. The highest BCUT2D eigenvalue weighted by molar-refractivity contribution is 5.97. The van der Waals surface area contributed by atoms with Gasteiger partial charge in [-0.2, -0.15) is 0 Å². The molecule has 0 N–H and O–H groups in total. The molecule has 0 saturated heterocycles. The quantitative estimate of drug-likeness (QED) is 0.508. The van der Waals surface area contributed by atoms with Crippen molar-refractivity contribution in [1.29, 1.82) is 0 Å². The van der Waals surface area contributed by atoms with Crippen LogP contribution in [0.1, 0.15) is 69.8 Å². The van der Waals surface area contributed by atoms with Crippen LogP contribution < -0.4 is 4.90 Å². The van der Waals surface area contributed by atoms with Crippen LogP contribution in [0, 0.1) is 0 Å². The lowest BCUT2D eigenvalue weighted by molar-refractivity contribution is 0.567. The Morgan fingerprint density at radius 3 is 1.86 bits per heavy atom. The highest BCUT2D eigenvalue weighted by Gasteiger charge is 2.14. The Balaban J connectivity index is 0.00000300. The molecule has 1 aliphatic rings. The van der Waals surface area contributed by atoms with Gasteiger partial charge in [0, 0.05) is 25.2 Å². The number of aliphatic imine (C=N–C) groups is 1. The molecule has 158 valence electrons. The number of hydrogen-bond acceptors (Lipinski definition) is 2. The minimum absolute atomic E-state index is 0.